The van der Waals surface area contributed by atoms with E-state index in [0.717, 1.165) is 22.7 Å². The normalized spacial score (nSPS) is 12.6. The van der Waals surface area contributed by atoms with Gasteiger partial charge in [0.05, 0.1) is 10.7 Å². The molecular weight excluding hydrogens is 247 g/mol. The molecule has 0 radical (unpaired) electrons. The van der Waals surface area contributed by atoms with E-state index in [-0.39, 0.29) is 11.9 Å². The van der Waals surface area contributed by atoms with E-state index in [2.05, 4.69) is 22.6 Å². The fourth-order valence-corrected chi connectivity index (χ4v) is 2.49. The summed E-state index contributed by atoms with van der Waals surface area (Å²) in [5, 5.41) is 6.59. The highest BCUT2D eigenvalue weighted by Crippen LogP contribution is 2.15. The van der Waals surface area contributed by atoms with Gasteiger partial charge in [0, 0.05) is 18.0 Å². The Hall–Kier alpha value is -1.26. The Balaban J connectivity index is 1.93. The third kappa shape index (κ3) is 3.37. The first kappa shape index (κ1) is 13.2. The van der Waals surface area contributed by atoms with Crippen LogP contribution in [-0.2, 0) is 13.0 Å². The first-order valence-corrected chi connectivity index (χ1v) is 6.99. The summed E-state index contributed by atoms with van der Waals surface area (Å²) < 4.78 is 13.1. The third-order valence-electron chi connectivity index (χ3n) is 2.84. The van der Waals surface area contributed by atoms with Crippen LogP contribution in [0.15, 0.2) is 29.6 Å². The predicted molar refractivity (Wildman–Crippen MR) is 73.1 cm³/mol. The van der Waals surface area contributed by atoms with Crippen LogP contribution in [0.2, 0.25) is 0 Å². The van der Waals surface area contributed by atoms with Crippen molar-refractivity contribution in [2.24, 2.45) is 0 Å². The highest BCUT2D eigenvalue weighted by Gasteiger charge is 2.07. The van der Waals surface area contributed by atoms with E-state index in [4.69, 9.17) is 0 Å². The number of hydrogen-bond donors (Lipinski definition) is 1. The van der Waals surface area contributed by atoms with Crippen molar-refractivity contribution >= 4 is 11.3 Å². The zero-order valence-corrected chi connectivity index (χ0v) is 11.4. The van der Waals surface area contributed by atoms with Crippen LogP contribution in [0.1, 0.15) is 36.2 Å². The first-order chi connectivity index (χ1) is 8.69. The molecule has 1 unspecified atom stereocenters. The lowest BCUT2D eigenvalue weighted by molar-refractivity contribution is 0.560. The standard InChI is InChI=1S/C14H17FN2S/c1-3-14-17-13(9-18-14)8-16-10(2)11-5-4-6-12(15)7-11/h4-7,9-10,16H,3,8H2,1-2H3. The van der Waals surface area contributed by atoms with Crippen molar-refractivity contribution in [1.82, 2.24) is 10.3 Å². The molecule has 18 heavy (non-hydrogen) atoms. The number of rotatable bonds is 5. The maximum Gasteiger partial charge on any atom is 0.123 e. The third-order valence-corrected chi connectivity index (χ3v) is 3.88. The molecule has 0 saturated heterocycles. The number of halogens is 1. The second-order valence-electron chi connectivity index (χ2n) is 4.24. The molecule has 2 aromatic rings. The second-order valence-corrected chi connectivity index (χ2v) is 5.19. The Kier molecular flexibility index (Phi) is 4.44. The van der Waals surface area contributed by atoms with Crippen LogP contribution in [0.25, 0.3) is 0 Å². The monoisotopic (exact) mass is 264 g/mol. The lowest BCUT2D eigenvalue weighted by Crippen LogP contribution is -2.18. The SMILES string of the molecule is CCc1nc(CNC(C)c2cccc(F)c2)cs1. The van der Waals surface area contributed by atoms with Crippen molar-refractivity contribution in [1.29, 1.82) is 0 Å². The van der Waals surface area contributed by atoms with Gasteiger partial charge in [0.15, 0.2) is 0 Å². The Labute approximate surface area is 111 Å². The molecule has 4 heteroatoms. The van der Waals surface area contributed by atoms with E-state index in [9.17, 15) is 4.39 Å². The number of thiazole rings is 1. The minimum Gasteiger partial charge on any atom is -0.305 e. The van der Waals surface area contributed by atoms with Gasteiger partial charge < -0.3 is 5.32 Å². The molecule has 0 bridgehead atoms. The van der Waals surface area contributed by atoms with Crippen LogP contribution in [0.4, 0.5) is 4.39 Å². The van der Waals surface area contributed by atoms with Crippen molar-refractivity contribution in [3.05, 3.63) is 51.7 Å². The topological polar surface area (TPSA) is 24.9 Å². The zero-order chi connectivity index (χ0) is 13.0. The molecule has 1 aromatic heterocycles. The van der Waals surface area contributed by atoms with Crippen LogP contribution in [0.5, 0.6) is 0 Å². The molecule has 0 fully saturated rings. The van der Waals surface area contributed by atoms with Crippen molar-refractivity contribution in [2.45, 2.75) is 32.9 Å². The summed E-state index contributed by atoms with van der Waals surface area (Å²) in [6.07, 6.45) is 0.976. The van der Waals surface area contributed by atoms with Gasteiger partial charge in [0.2, 0.25) is 0 Å². The van der Waals surface area contributed by atoms with Crippen LogP contribution < -0.4 is 5.32 Å². The molecule has 0 spiro atoms. The van der Waals surface area contributed by atoms with Crippen LogP contribution in [-0.4, -0.2) is 4.98 Å². The molecular formula is C14H17FN2S. The smallest absolute Gasteiger partial charge is 0.123 e. The van der Waals surface area contributed by atoms with Gasteiger partial charge in [-0.2, -0.15) is 0 Å². The van der Waals surface area contributed by atoms with Crippen molar-refractivity contribution < 1.29 is 4.39 Å². The number of nitrogens with zero attached hydrogens (tertiary/aromatic N) is 1. The lowest BCUT2D eigenvalue weighted by atomic mass is 10.1. The molecule has 0 aliphatic rings. The molecule has 2 rings (SSSR count). The molecule has 0 aliphatic carbocycles. The molecule has 1 atom stereocenters. The Morgan fingerprint density at radius 2 is 2.28 bits per heavy atom. The molecule has 0 amide bonds. The molecule has 1 aromatic carbocycles. The largest absolute Gasteiger partial charge is 0.305 e. The van der Waals surface area contributed by atoms with Gasteiger partial charge in [-0.05, 0) is 31.0 Å². The average Bonchev–Trinajstić information content (AvgIpc) is 2.84. The van der Waals surface area contributed by atoms with E-state index in [0.29, 0.717) is 6.54 Å². The predicted octanol–water partition coefficient (Wildman–Crippen LogP) is 3.70. The Morgan fingerprint density at radius 3 is 2.94 bits per heavy atom. The van der Waals surface area contributed by atoms with Crippen molar-refractivity contribution in [2.75, 3.05) is 0 Å². The summed E-state index contributed by atoms with van der Waals surface area (Å²) in [4.78, 5) is 4.49. The maximum absolute atomic E-state index is 13.1. The van der Waals surface area contributed by atoms with E-state index in [1.54, 1.807) is 23.5 Å². The van der Waals surface area contributed by atoms with E-state index < -0.39 is 0 Å². The maximum atomic E-state index is 13.1. The summed E-state index contributed by atoms with van der Waals surface area (Å²) in [5.74, 6) is -0.192. The minimum atomic E-state index is -0.192. The molecule has 2 nitrogen and oxygen atoms in total. The summed E-state index contributed by atoms with van der Waals surface area (Å²) in [7, 11) is 0. The van der Waals surface area contributed by atoms with Gasteiger partial charge in [0.25, 0.3) is 0 Å². The minimum absolute atomic E-state index is 0.118. The van der Waals surface area contributed by atoms with Gasteiger partial charge in [-0.3, -0.25) is 0 Å². The molecule has 0 aliphatic heterocycles. The van der Waals surface area contributed by atoms with Crippen molar-refractivity contribution in [3.63, 3.8) is 0 Å². The number of nitrogens with one attached hydrogen (secondary N) is 1. The molecule has 1 N–H and O–H groups in total. The van der Waals surface area contributed by atoms with Gasteiger partial charge >= 0.3 is 0 Å². The summed E-state index contributed by atoms with van der Waals surface area (Å²) >= 11 is 1.69. The van der Waals surface area contributed by atoms with Crippen LogP contribution >= 0.6 is 11.3 Å². The summed E-state index contributed by atoms with van der Waals surface area (Å²) in [5.41, 5.74) is 2.01. The number of hydrogen-bond acceptors (Lipinski definition) is 3. The van der Waals surface area contributed by atoms with E-state index >= 15 is 0 Å². The molecule has 1 heterocycles. The zero-order valence-electron chi connectivity index (χ0n) is 10.6. The van der Waals surface area contributed by atoms with Crippen LogP contribution in [0.3, 0.4) is 0 Å². The summed E-state index contributed by atoms with van der Waals surface area (Å²) in [6, 6.07) is 6.81. The van der Waals surface area contributed by atoms with Gasteiger partial charge in [-0.15, -0.1) is 11.3 Å². The summed E-state index contributed by atoms with van der Waals surface area (Å²) in [6.45, 7) is 4.85. The van der Waals surface area contributed by atoms with E-state index in [1.807, 2.05) is 13.0 Å². The second kappa shape index (κ2) is 6.07. The molecule has 0 saturated carbocycles. The first-order valence-electron chi connectivity index (χ1n) is 6.11. The van der Waals surface area contributed by atoms with Gasteiger partial charge in [0.1, 0.15) is 5.82 Å². The van der Waals surface area contributed by atoms with E-state index in [1.165, 1.54) is 6.07 Å². The van der Waals surface area contributed by atoms with Crippen molar-refractivity contribution in [3.8, 4) is 0 Å². The Morgan fingerprint density at radius 1 is 1.44 bits per heavy atom. The fraction of sp³-hybridized carbons (Fsp3) is 0.357. The number of aromatic nitrogens is 1. The lowest BCUT2D eigenvalue weighted by Gasteiger charge is -2.13. The van der Waals surface area contributed by atoms with Crippen LogP contribution in [0, 0.1) is 5.82 Å². The number of benzene rings is 1. The van der Waals surface area contributed by atoms with Gasteiger partial charge in [-0.25, -0.2) is 9.37 Å². The average molecular weight is 264 g/mol. The highest BCUT2D eigenvalue weighted by atomic mass is 32.1. The molecule has 96 valence electrons. The van der Waals surface area contributed by atoms with Gasteiger partial charge in [-0.1, -0.05) is 19.1 Å². The number of aryl methyl sites for hydroxylation is 1. The Bertz CT molecular complexity index is 510. The quantitative estimate of drug-likeness (QED) is 0.890. The fourth-order valence-electron chi connectivity index (χ4n) is 1.74. The highest BCUT2D eigenvalue weighted by molar-refractivity contribution is 7.09.